The summed E-state index contributed by atoms with van der Waals surface area (Å²) in [7, 11) is 4.48. The Hall–Kier alpha value is -3.15. The third kappa shape index (κ3) is 2.86. The topological polar surface area (TPSA) is 69.8 Å². The lowest BCUT2D eigenvalue weighted by atomic mass is 10.0. The van der Waals surface area contributed by atoms with Crippen LogP contribution in [0.4, 0.5) is 4.79 Å². The molecule has 3 aromatic rings. The molecule has 0 spiro atoms. The van der Waals surface area contributed by atoms with Crippen LogP contribution in [0.2, 0.25) is 0 Å². The van der Waals surface area contributed by atoms with Crippen LogP contribution >= 0.6 is 0 Å². The maximum absolute atomic E-state index is 11.6. The number of aromatic nitrogens is 1. The first-order valence-corrected chi connectivity index (χ1v) is 7.26. The number of rotatable bonds is 4. The van der Waals surface area contributed by atoms with Crippen molar-refractivity contribution in [3.8, 4) is 28.5 Å². The summed E-state index contributed by atoms with van der Waals surface area (Å²) in [4.78, 5) is 14.7. The van der Waals surface area contributed by atoms with Gasteiger partial charge >= 0.3 is 6.16 Å². The summed E-state index contributed by atoms with van der Waals surface area (Å²) < 4.78 is 20.4. The van der Waals surface area contributed by atoms with Crippen molar-refractivity contribution in [2.24, 2.45) is 0 Å². The van der Waals surface area contributed by atoms with Gasteiger partial charge in [0.05, 0.1) is 26.9 Å². The van der Waals surface area contributed by atoms with E-state index in [0.717, 1.165) is 27.8 Å². The Morgan fingerprint density at radius 2 is 1.58 bits per heavy atom. The molecule has 1 N–H and O–H groups in total. The fourth-order valence-electron chi connectivity index (χ4n) is 2.52. The van der Waals surface area contributed by atoms with Crippen LogP contribution in [0.3, 0.4) is 0 Å². The van der Waals surface area contributed by atoms with Crippen molar-refractivity contribution in [3.63, 3.8) is 0 Å². The second-order valence-corrected chi connectivity index (χ2v) is 5.03. The monoisotopic (exact) mass is 327 g/mol. The molecule has 6 nitrogen and oxygen atoms in total. The first-order chi connectivity index (χ1) is 11.7. The zero-order valence-corrected chi connectivity index (χ0v) is 13.6. The van der Waals surface area contributed by atoms with Gasteiger partial charge in [0, 0.05) is 10.9 Å². The largest absolute Gasteiger partial charge is 0.514 e. The molecular formula is C18H17NO5. The molecule has 0 bridgehead atoms. The summed E-state index contributed by atoms with van der Waals surface area (Å²) in [6, 6.07) is 13.1. The molecule has 3 rings (SSSR count). The van der Waals surface area contributed by atoms with Crippen LogP contribution in [0.15, 0.2) is 42.5 Å². The van der Waals surface area contributed by atoms with Gasteiger partial charge in [0.15, 0.2) is 0 Å². The lowest BCUT2D eigenvalue weighted by molar-refractivity contribution is 0.120. The summed E-state index contributed by atoms with van der Waals surface area (Å²) in [5.41, 5.74) is 2.44. The summed E-state index contributed by atoms with van der Waals surface area (Å²) in [6.45, 7) is 0. The number of H-pyrrole nitrogens is 1. The molecule has 6 heteroatoms. The van der Waals surface area contributed by atoms with Crippen LogP contribution in [-0.4, -0.2) is 32.5 Å². The van der Waals surface area contributed by atoms with Crippen molar-refractivity contribution in [3.05, 3.63) is 42.5 Å². The number of methoxy groups -OCH3 is 3. The highest BCUT2D eigenvalue weighted by Gasteiger charge is 2.18. The molecule has 0 atom stereocenters. The Bertz CT molecular complexity index is 867. The van der Waals surface area contributed by atoms with E-state index in [4.69, 9.17) is 14.2 Å². The van der Waals surface area contributed by atoms with E-state index in [1.54, 1.807) is 14.2 Å². The predicted octanol–water partition coefficient (Wildman–Crippen LogP) is 4.00. The molecule has 0 amide bonds. The SMILES string of the molecule is COC(=O)Oc1[nH]c2ccc(OC)cc2c1-c1ccc(OC)cc1. The average Bonchev–Trinajstić information content (AvgIpc) is 2.98. The van der Waals surface area contributed by atoms with E-state index in [1.165, 1.54) is 7.11 Å². The third-order valence-corrected chi connectivity index (χ3v) is 3.70. The van der Waals surface area contributed by atoms with Gasteiger partial charge in [0.2, 0.25) is 5.88 Å². The van der Waals surface area contributed by atoms with Crippen molar-refractivity contribution >= 4 is 17.1 Å². The molecule has 0 saturated carbocycles. The van der Waals surface area contributed by atoms with Crippen LogP contribution in [0.1, 0.15) is 0 Å². The number of aromatic amines is 1. The maximum Gasteiger partial charge on any atom is 0.514 e. The normalized spacial score (nSPS) is 10.5. The number of fused-ring (bicyclic) bond motifs is 1. The van der Waals surface area contributed by atoms with Gasteiger partial charge in [-0.25, -0.2) is 4.79 Å². The molecule has 0 aliphatic heterocycles. The van der Waals surface area contributed by atoms with E-state index >= 15 is 0 Å². The van der Waals surface area contributed by atoms with Crippen molar-refractivity contribution in [2.75, 3.05) is 21.3 Å². The Balaban J connectivity index is 2.19. The van der Waals surface area contributed by atoms with Gasteiger partial charge in [-0.15, -0.1) is 0 Å². The minimum absolute atomic E-state index is 0.315. The van der Waals surface area contributed by atoms with Crippen LogP contribution in [-0.2, 0) is 4.74 Å². The average molecular weight is 327 g/mol. The smallest absolute Gasteiger partial charge is 0.497 e. The molecule has 0 aliphatic carbocycles. The Kier molecular flexibility index (Phi) is 4.29. The molecule has 1 aromatic heterocycles. The first kappa shape index (κ1) is 15.7. The van der Waals surface area contributed by atoms with Crippen molar-refractivity contribution in [1.82, 2.24) is 4.98 Å². The van der Waals surface area contributed by atoms with Crippen LogP contribution < -0.4 is 14.2 Å². The molecule has 0 radical (unpaired) electrons. The molecule has 24 heavy (non-hydrogen) atoms. The molecule has 0 fully saturated rings. The number of benzene rings is 2. The zero-order chi connectivity index (χ0) is 17.1. The van der Waals surface area contributed by atoms with Crippen molar-refractivity contribution in [1.29, 1.82) is 0 Å². The van der Waals surface area contributed by atoms with Crippen molar-refractivity contribution in [2.45, 2.75) is 0 Å². The van der Waals surface area contributed by atoms with E-state index in [0.29, 0.717) is 11.6 Å². The number of hydrogen-bond acceptors (Lipinski definition) is 5. The van der Waals surface area contributed by atoms with E-state index in [-0.39, 0.29) is 0 Å². The highest BCUT2D eigenvalue weighted by molar-refractivity contribution is 6.00. The lowest BCUT2D eigenvalue weighted by Gasteiger charge is -2.07. The van der Waals surface area contributed by atoms with Gasteiger partial charge in [0.1, 0.15) is 11.5 Å². The number of hydrogen-bond donors (Lipinski definition) is 1. The summed E-state index contributed by atoms with van der Waals surface area (Å²) in [6.07, 6.45) is -0.789. The number of nitrogens with one attached hydrogen (secondary N) is 1. The molecule has 1 heterocycles. The zero-order valence-electron chi connectivity index (χ0n) is 13.6. The number of carbonyl (C=O) groups is 1. The van der Waals surface area contributed by atoms with E-state index in [2.05, 4.69) is 9.72 Å². The lowest BCUT2D eigenvalue weighted by Crippen LogP contribution is -2.08. The van der Waals surface area contributed by atoms with Crippen LogP contribution in [0.25, 0.3) is 22.0 Å². The molecule has 124 valence electrons. The van der Waals surface area contributed by atoms with Gasteiger partial charge in [-0.1, -0.05) is 12.1 Å². The van der Waals surface area contributed by atoms with Crippen molar-refractivity contribution < 1.29 is 23.7 Å². The number of ether oxygens (including phenoxy) is 4. The minimum Gasteiger partial charge on any atom is -0.497 e. The predicted molar refractivity (Wildman–Crippen MR) is 89.9 cm³/mol. The van der Waals surface area contributed by atoms with E-state index in [1.807, 2.05) is 42.5 Å². The summed E-state index contributed by atoms with van der Waals surface area (Å²) >= 11 is 0. The third-order valence-electron chi connectivity index (χ3n) is 3.70. The standard InChI is InChI=1S/C18H17NO5/c1-21-12-6-4-11(5-7-12)16-14-10-13(22-2)8-9-15(14)19-17(16)24-18(20)23-3/h4-10,19H,1-3H3. The second kappa shape index (κ2) is 6.54. The first-order valence-electron chi connectivity index (χ1n) is 7.26. The summed E-state index contributed by atoms with van der Waals surface area (Å²) in [5, 5.41) is 0.874. The second-order valence-electron chi connectivity index (χ2n) is 5.03. The Morgan fingerprint density at radius 3 is 2.21 bits per heavy atom. The van der Waals surface area contributed by atoms with E-state index in [9.17, 15) is 4.79 Å². The molecule has 0 unspecified atom stereocenters. The minimum atomic E-state index is -0.789. The fraction of sp³-hybridized carbons (Fsp3) is 0.167. The highest BCUT2D eigenvalue weighted by atomic mass is 16.7. The Morgan fingerprint density at radius 1 is 0.917 bits per heavy atom. The number of carbonyl (C=O) groups excluding carboxylic acids is 1. The fourth-order valence-corrected chi connectivity index (χ4v) is 2.52. The quantitative estimate of drug-likeness (QED) is 0.734. The molecule has 0 saturated heterocycles. The molecule has 2 aromatic carbocycles. The van der Waals surface area contributed by atoms with Gasteiger partial charge in [-0.3, -0.25) is 0 Å². The maximum atomic E-state index is 11.6. The van der Waals surface area contributed by atoms with E-state index < -0.39 is 6.16 Å². The summed E-state index contributed by atoms with van der Waals surface area (Å²) in [5.74, 6) is 1.77. The molecular weight excluding hydrogens is 310 g/mol. The molecule has 0 aliphatic rings. The van der Waals surface area contributed by atoms with Gasteiger partial charge in [0.25, 0.3) is 0 Å². The highest BCUT2D eigenvalue weighted by Crippen LogP contribution is 2.39. The van der Waals surface area contributed by atoms with Crippen LogP contribution in [0, 0.1) is 0 Å². The van der Waals surface area contributed by atoms with Gasteiger partial charge in [-0.2, -0.15) is 0 Å². The Labute approximate surface area is 138 Å². The van der Waals surface area contributed by atoms with Crippen LogP contribution in [0.5, 0.6) is 17.4 Å². The van der Waals surface area contributed by atoms with Gasteiger partial charge in [-0.05, 0) is 35.9 Å². The van der Waals surface area contributed by atoms with Gasteiger partial charge < -0.3 is 23.9 Å².